The van der Waals surface area contributed by atoms with Gasteiger partial charge in [0.15, 0.2) is 4.80 Å². The normalized spacial score (nSPS) is 11.9. The fourth-order valence-electron chi connectivity index (χ4n) is 2.98. The molecule has 1 aromatic heterocycles. The maximum Gasteiger partial charge on any atom is 0.279 e. The van der Waals surface area contributed by atoms with Gasteiger partial charge in [0, 0.05) is 12.1 Å². The third-order valence-electron chi connectivity index (χ3n) is 4.45. The average Bonchev–Trinajstić information content (AvgIpc) is 3.01. The first-order valence-electron chi connectivity index (χ1n) is 9.54. The molecule has 3 rings (SSSR count). The summed E-state index contributed by atoms with van der Waals surface area (Å²) >= 11 is 1.55. The number of hydrogen-bond donors (Lipinski definition) is 0. The molecule has 0 bridgehead atoms. The standard InChI is InChI=1S/C22H26N2O2S/c1-4-6-7-13-26-18-10-8-9-17(15-18)21(25)23-22-24(5-2)19-12-11-16(3)14-20(19)27-22/h8-12,14-15H,4-7,13H2,1-3H3. The van der Waals surface area contributed by atoms with Crippen LogP contribution in [0, 0.1) is 6.92 Å². The van der Waals surface area contributed by atoms with E-state index >= 15 is 0 Å². The lowest BCUT2D eigenvalue weighted by atomic mass is 10.2. The quantitative estimate of drug-likeness (QED) is 0.518. The van der Waals surface area contributed by atoms with E-state index in [1.807, 2.05) is 12.1 Å². The topological polar surface area (TPSA) is 43.6 Å². The van der Waals surface area contributed by atoms with Crippen molar-refractivity contribution in [3.8, 4) is 5.75 Å². The van der Waals surface area contributed by atoms with Crippen molar-refractivity contribution in [2.24, 2.45) is 4.99 Å². The lowest BCUT2D eigenvalue weighted by Gasteiger charge is -2.06. The second-order valence-electron chi connectivity index (χ2n) is 6.60. The number of hydrogen-bond acceptors (Lipinski definition) is 3. The van der Waals surface area contributed by atoms with E-state index in [0.717, 1.165) is 46.6 Å². The van der Waals surface area contributed by atoms with E-state index in [1.54, 1.807) is 23.5 Å². The number of nitrogens with zero attached hydrogens (tertiary/aromatic N) is 2. The van der Waals surface area contributed by atoms with Gasteiger partial charge in [-0.1, -0.05) is 43.2 Å². The van der Waals surface area contributed by atoms with Crippen LogP contribution in [0.5, 0.6) is 5.75 Å². The Balaban J connectivity index is 1.87. The van der Waals surface area contributed by atoms with Gasteiger partial charge >= 0.3 is 0 Å². The van der Waals surface area contributed by atoms with Crippen molar-refractivity contribution < 1.29 is 9.53 Å². The molecule has 0 saturated heterocycles. The van der Waals surface area contributed by atoms with E-state index in [2.05, 4.69) is 48.5 Å². The molecule has 27 heavy (non-hydrogen) atoms. The smallest absolute Gasteiger partial charge is 0.279 e. The van der Waals surface area contributed by atoms with E-state index in [4.69, 9.17) is 4.74 Å². The van der Waals surface area contributed by atoms with Crippen LogP contribution in [0.4, 0.5) is 0 Å². The van der Waals surface area contributed by atoms with Crippen LogP contribution in [0.15, 0.2) is 47.5 Å². The molecular formula is C22H26N2O2S. The minimum Gasteiger partial charge on any atom is -0.494 e. The summed E-state index contributed by atoms with van der Waals surface area (Å²) in [6, 6.07) is 13.6. The molecule has 0 aliphatic rings. The highest BCUT2D eigenvalue weighted by Gasteiger charge is 2.09. The monoisotopic (exact) mass is 382 g/mol. The summed E-state index contributed by atoms with van der Waals surface area (Å²) in [5.74, 6) is 0.488. The largest absolute Gasteiger partial charge is 0.494 e. The predicted molar refractivity (Wildman–Crippen MR) is 112 cm³/mol. The Morgan fingerprint density at radius 2 is 2.00 bits per heavy atom. The Morgan fingerprint density at radius 3 is 2.78 bits per heavy atom. The van der Waals surface area contributed by atoms with Crippen LogP contribution in [-0.4, -0.2) is 17.1 Å². The number of rotatable bonds is 7. The van der Waals surface area contributed by atoms with Gasteiger partial charge in [-0.3, -0.25) is 4.79 Å². The molecule has 0 unspecified atom stereocenters. The van der Waals surface area contributed by atoms with Crippen LogP contribution in [0.3, 0.4) is 0 Å². The van der Waals surface area contributed by atoms with Gasteiger partial charge in [-0.15, -0.1) is 0 Å². The second-order valence-corrected chi connectivity index (χ2v) is 7.61. The van der Waals surface area contributed by atoms with Crippen molar-refractivity contribution in [1.29, 1.82) is 0 Å². The third-order valence-corrected chi connectivity index (χ3v) is 5.49. The van der Waals surface area contributed by atoms with Gasteiger partial charge in [-0.2, -0.15) is 4.99 Å². The summed E-state index contributed by atoms with van der Waals surface area (Å²) in [5, 5.41) is 0. The van der Waals surface area contributed by atoms with Gasteiger partial charge in [0.25, 0.3) is 5.91 Å². The number of thiazole rings is 1. The maximum absolute atomic E-state index is 12.7. The molecule has 0 fully saturated rings. The van der Waals surface area contributed by atoms with E-state index in [0.29, 0.717) is 12.2 Å². The van der Waals surface area contributed by atoms with Gasteiger partial charge in [0.05, 0.1) is 16.8 Å². The molecule has 5 heteroatoms. The van der Waals surface area contributed by atoms with Gasteiger partial charge in [0.2, 0.25) is 0 Å². The van der Waals surface area contributed by atoms with Crippen molar-refractivity contribution in [3.05, 3.63) is 58.4 Å². The van der Waals surface area contributed by atoms with Gasteiger partial charge in [-0.05, 0) is 56.2 Å². The first kappa shape index (κ1) is 19.4. The van der Waals surface area contributed by atoms with Crippen molar-refractivity contribution >= 4 is 27.5 Å². The molecule has 0 atom stereocenters. The number of carbonyl (C=O) groups excluding carboxylic acids is 1. The third kappa shape index (κ3) is 4.66. The van der Waals surface area contributed by atoms with Crippen LogP contribution in [-0.2, 0) is 6.54 Å². The molecule has 4 nitrogen and oxygen atoms in total. The SMILES string of the molecule is CCCCCOc1cccc(C(=O)N=c2sc3cc(C)ccc3n2CC)c1. The number of benzene rings is 2. The van der Waals surface area contributed by atoms with Gasteiger partial charge in [0.1, 0.15) is 5.75 Å². The van der Waals surface area contributed by atoms with Gasteiger partial charge in [-0.25, -0.2) is 0 Å². The van der Waals surface area contributed by atoms with Crippen molar-refractivity contribution in [3.63, 3.8) is 0 Å². The Morgan fingerprint density at radius 1 is 1.15 bits per heavy atom. The molecule has 0 aliphatic heterocycles. The van der Waals surface area contributed by atoms with Crippen LogP contribution >= 0.6 is 11.3 Å². The van der Waals surface area contributed by atoms with Crippen molar-refractivity contribution in [2.75, 3.05) is 6.61 Å². The number of unbranched alkanes of at least 4 members (excludes halogenated alkanes) is 2. The van der Waals surface area contributed by atoms with E-state index in [9.17, 15) is 4.79 Å². The Hall–Kier alpha value is -2.40. The van der Waals surface area contributed by atoms with Crippen LogP contribution in [0.1, 0.15) is 49.0 Å². The number of ether oxygens (including phenoxy) is 1. The number of fused-ring (bicyclic) bond motifs is 1. The van der Waals surface area contributed by atoms with Gasteiger partial charge < -0.3 is 9.30 Å². The van der Waals surface area contributed by atoms with Crippen molar-refractivity contribution in [1.82, 2.24) is 4.57 Å². The molecule has 3 aromatic rings. The zero-order valence-corrected chi connectivity index (χ0v) is 17.0. The molecule has 0 saturated carbocycles. The first-order chi connectivity index (χ1) is 13.1. The highest BCUT2D eigenvalue weighted by atomic mass is 32.1. The first-order valence-corrected chi connectivity index (χ1v) is 10.4. The van der Waals surface area contributed by atoms with E-state index in [-0.39, 0.29) is 5.91 Å². The lowest BCUT2D eigenvalue weighted by molar-refractivity contribution is 0.0997. The highest BCUT2D eigenvalue weighted by molar-refractivity contribution is 7.16. The minimum atomic E-state index is -0.237. The Bertz CT molecular complexity index is 1000. The predicted octanol–water partition coefficient (Wildman–Crippen LogP) is 5.34. The summed E-state index contributed by atoms with van der Waals surface area (Å²) in [6.07, 6.45) is 3.33. The fourth-order valence-corrected chi connectivity index (χ4v) is 4.17. The second kappa shape index (κ2) is 9.00. The molecule has 0 spiro atoms. The minimum absolute atomic E-state index is 0.237. The Kier molecular flexibility index (Phi) is 6.45. The highest BCUT2D eigenvalue weighted by Crippen LogP contribution is 2.19. The summed E-state index contributed by atoms with van der Waals surface area (Å²) < 4.78 is 8.99. The fraction of sp³-hybridized carbons (Fsp3) is 0.364. The molecule has 2 aromatic carbocycles. The number of carbonyl (C=O) groups is 1. The summed E-state index contributed by atoms with van der Waals surface area (Å²) in [7, 11) is 0. The molecule has 142 valence electrons. The average molecular weight is 383 g/mol. The number of aromatic nitrogens is 1. The molecule has 0 aliphatic carbocycles. The zero-order chi connectivity index (χ0) is 19.2. The van der Waals surface area contributed by atoms with Crippen LogP contribution < -0.4 is 9.54 Å². The zero-order valence-electron chi connectivity index (χ0n) is 16.2. The summed E-state index contributed by atoms with van der Waals surface area (Å²) in [5.41, 5.74) is 2.88. The summed E-state index contributed by atoms with van der Waals surface area (Å²) in [4.78, 5) is 17.9. The summed E-state index contributed by atoms with van der Waals surface area (Å²) in [6.45, 7) is 7.76. The molecule has 0 radical (unpaired) electrons. The maximum atomic E-state index is 12.7. The molecule has 1 amide bonds. The van der Waals surface area contributed by atoms with E-state index in [1.165, 1.54) is 5.56 Å². The van der Waals surface area contributed by atoms with Crippen LogP contribution in [0.2, 0.25) is 0 Å². The lowest BCUT2D eigenvalue weighted by Crippen LogP contribution is -2.15. The number of amides is 1. The number of aryl methyl sites for hydroxylation is 2. The Labute approximate surface area is 164 Å². The van der Waals surface area contributed by atoms with E-state index < -0.39 is 0 Å². The molecule has 1 heterocycles. The molecular weight excluding hydrogens is 356 g/mol. The van der Waals surface area contributed by atoms with Crippen molar-refractivity contribution in [2.45, 2.75) is 46.6 Å². The van der Waals surface area contributed by atoms with Crippen LogP contribution in [0.25, 0.3) is 10.2 Å². The molecule has 0 N–H and O–H groups in total.